The lowest BCUT2D eigenvalue weighted by Gasteiger charge is -2.07. The summed E-state index contributed by atoms with van der Waals surface area (Å²) in [5.74, 6) is 0.664. The predicted octanol–water partition coefficient (Wildman–Crippen LogP) is 3.71. The minimum Gasteiger partial charge on any atom is -0.316 e. The summed E-state index contributed by atoms with van der Waals surface area (Å²) in [6.07, 6.45) is 1.76. The summed E-state index contributed by atoms with van der Waals surface area (Å²) in [6, 6.07) is 0. The Bertz CT molecular complexity index is 372. The standard InChI is InChI=1S/C14H24F3N3/c1-12(2)9-18-7-5-3-4-6-8-20-11-13(10-19-20)14(15,16)17/h10-12,18H,3-9H2,1-2H3. The molecule has 0 aliphatic rings. The van der Waals surface area contributed by atoms with Gasteiger partial charge in [0.2, 0.25) is 0 Å². The highest BCUT2D eigenvalue weighted by molar-refractivity contribution is 5.08. The Kier molecular flexibility index (Phi) is 7.05. The topological polar surface area (TPSA) is 29.9 Å². The van der Waals surface area contributed by atoms with E-state index in [1.54, 1.807) is 0 Å². The monoisotopic (exact) mass is 291 g/mol. The van der Waals surface area contributed by atoms with Crippen LogP contribution in [0.15, 0.2) is 12.4 Å². The van der Waals surface area contributed by atoms with Crippen molar-refractivity contribution in [2.45, 2.75) is 52.3 Å². The van der Waals surface area contributed by atoms with E-state index in [2.05, 4.69) is 24.3 Å². The molecule has 1 aromatic rings. The van der Waals surface area contributed by atoms with Crippen molar-refractivity contribution in [3.63, 3.8) is 0 Å². The SMILES string of the molecule is CC(C)CNCCCCCCn1cc(C(F)(F)F)cn1. The number of nitrogens with one attached hydrogen (secondary N) is 1. The van der Waals surface area contributed by atoms with E-state index in [-0.39, 0.29) is 0 Å². The molecule has 0 saturated carbocycles. The number of hydrogen-bond acceptors (Lipinski definition) is 2. The van der Waals surface area contributed by atoms with Gasteiger partial charge >= 0.3 is 6.18 Å². The van der Waals surface area contributed by atoms with Gasteiger partial charge in [0.1, 0.15) is 0 Å². The Balaban J connectivity index is 2.06. The molecule has 116 valence electrons. The molecule has 0 aromatic carbocycles. The fourth-order valence-electron chi connectivity index (χ4n) is 1.90. The number of rotatable bonds is 9. The van der Waals surface area contributed by atoms with Crippen LogP contribution in [-0.4, -0.2) is 22.9 Å². The lowest BCUT2D eigenvalue weighted by Crippen LogP contribution is -2.20. The van der Waals surface area contributed by atoms with Crippen LogP contribution in [0.5, 0.6) is 0 Å². The molecule has 20 heavy (non-hydrogen) atoms. The van der Waals surface area contributed by atoms with E-state index in [1.165, 1.54) is 4.68 Å². The molecule has 0 aliphatic carbocycles. The first-order chi connectivity index (χ1) is 9.39. The van der Waals surface area contributed by atoms with Gasteiger partial charge in [-0.25, -0.2) is 0 Å². The Hall–Kier alpha value is -1.04. The largest absolute Gasteiger partial charge is 0.419 e. The second-order valence-electron chi connectivity index (χ2n) is 5.50. The second-order valence-corrected chi connectivity index (χ2v) is 5.50. The van der Waals surface area contributed by atoms with Gasteiger partial charge in [-0.1, -0.05) is 26.7 Å². The van der Waals surface area contributed by atoms with E-state index in [0.717, 1.165) is 51.2 Å². The molecule has 6 heteroatoms. The van der Waals surface area contributed by atoms with E-state index < -0.39 is 11.7 Å². The van der Waals surface area contributed by atoms with Crippen molar-refractivity contribution < 1.29 is 13.2 Å². The summed E-state index contributed by atoms with van der Waals surface area (Å²) in [7, 11) is 0. The highest BCUT2D eigenvalue weighted by Gasteiger charge is 2.31. The van der Waals surface area contributed by atoms with Gasteiger partial charge in [-0.15, -0.1) is 0 Å². The van der Waals surface area contributed by atoms with Crippen LogP contribution < -0.4 is 5.32 Å². The maximum Gasteiger partial charge on any atom is 0.419 e. The van der Waals surface area contributed by atoms with Crippen molar-refractivity contribution in [3.05, 3.63) is 18.0 Å². The first-order valence-electron chi connectivity index (χ1n) is 7.20. The maximum atomic E-state index is 12.4. The number of aromatic nitrogens is 2. The van der Waals surface area contributed by atoms with Crippen LogP contribution in [-0.2, 0) is 12.7 Å². The molecule has 3 nitrogen and oxygen atoms in total. The fraction of sp³-hybridized carbons (Fsp3) is 0.786. The number of hydrogen-bond donors (Lipinski definition) is 1. The predicted molar refractivity (Wildman–Crippen MR) is 73.4 cm³/mol. The normalized spacial score (nSPS) is 12.3. The Morgan fingerprint density at radius 3 is 2.50 bits per heavy atom. The molecule has 1 aromatic heterocycles. The van der Waals surface area contributed by atoms with E-state index in [4.69, 9.17) is 0 Å². The molecule has 0 amide bonds. The summed E-state index contributed by atoms with van der Waals surface area (Å²) in [5.41, 5.74) is -0.671. The minimum absolute atomic E-state index is 0.551. The number of halogens is 3. The summed E-state index contributed by atoms with van der Waals surface area (Å²) < 4.78 is 38.5. The fourth-order valence-corrected chi connectivity index (χ4v) is 1.90. The molecule has 0 spiro atoms. The summed E-state index contributed by atoms with van der Waals surface area (Å²) in [6.45, 7) is 6.94. The van der Waals surface area contributed by atoms with Gasteiger partial charge in [-0.3, -0.25) is 4.68 Å². The van der Waals surface area contributed by atoms with Crippen molar-refractivity contribution in [2.24, 2.45) is 5.92 Å². The van der Waals surface area contributed by atoms with Crippen molar-refractivity contribution in [1.29, 1.82) is 0 Å². The van der Waals surface area contributed by atoms with Gasteiger partial charge in [0.25, 0.3) is 0 Å². The van der Waals surface area contributed by atoms with E-state index in [1.807, 2.05) is 0 Å². The molecule has 1 heterocycles. The van der Waals surface area contributed by atoms with E-state index in [9.17, 15) is 13.2 Å². The van der Waals surface area contributed by atoms with Gasteiger partial charge in [-0.2, -0.15) is 18.3 Å². The van der Waals surface area contributed by atoms with Crippen LogP contribution in [0.1, 0.15) is 45.1 Å². The van der Waals surface area contributed by atoms with Crippen molar-refractivity contribution >= 4 is 0 Å². The van der Waals surface area contributed by atoms with Crippen LogP contribution in [0.3, 0.4) is 0 Å². The first kappa shape index (κ1) is 17.0. The van der Waals surface area contributed by atoms with E-state index >= 15 is 0 Å². The quantitative estimate of drug-likeness (QED) is 0.703. The van der Waals surface area contributed by atoms with Crippen LogP contribution in [0.4, 0.5) is 13.2 Å². The van der Waals surface area contributed by atoms with Gasteiger partial charge in [0.15, 0.2) is 0 Å². The zero-order valence-electron chi connectivity index (χ0n) is 12.2. The molecule has 0 saturated heterocycles. The average Bonchev–Trinajstić information content (AvgIpc) is 2.80. The van der Waals surface area contributed by atoms with Crippen LogP contribution >= 0.6 is 0 Å². The van der Waals surface area contributed by atoms with E-state index in [0.29, 0.717) is 12.5 Å². The Morgan fingerprint density at radius 2 is 1.90 bits per heavy atom. The van der Waals surface area contributed by atoms with Gasteiger partial charge < -0.3 is 5.32 Å². The van der Waals surface area contributed by atoms with Gasteiger partial charge in [0, 0.05) is 12.7 Å². The molecule has 0 radical (unpaired) electrons. The highest BCUT2D eigenvalue weighted by Crippen LogP contribution is 2.28. The molecule has 1 rings (SSSR count). The third kappa shape index (κ3) is 6.93. The third-order valence-corrected chi connectivity index (χ3v) is 3.00. The number of aryl methyl sites for hydroxylation is 1. The maximum absolute atomic E-state index is 12.4. The van der Waals surface area contributed by atoms with Crippen LogP contribution in [0.25, 0.3) is 0 Å². The third-order valence-electron chi connectivity index (χ3n) is 3.00. The molecular weight excluding hydrogens is 267 g/mol. The van der Waals surface area contributed by atoms with Crippen molar-refractivity contribution in [1.82, 2.24) is 15.1 Å². The summed E-state index contributed by atoms with van der Waals surface area (Å²) in [4.78, 5) is 0. The van der Waals surface area contributed by atoms with Crippen molar-refractivity contribution in [3.8, 4) is 0 Å². The molecular formula is C14H24F3N3. The highest BCUT2D eigenvalue weighted by atomic mass is 19.4. The summed E-state index contributed by atoms with van der Waals surface area (Å²) in [5, 5.41) is 7.10. The van der Waals surface area contributed by atoms with Gasteiger partial charge in [0.05, 0.1) is 11.8 Å². The Labute approximate surface area is 118 Å². The molecule has 0 fully saturated rings. The molecule has 0 atom stereocenters. The molecule has 1 N–H and O–H groups in total. The lowest BCUT2D eigenvalue weighted by atomic mass is 10.2. The number of nitrogens with zero attached hydrogens (tertiary/aromatic N) is 2. The lowest BCUT2D eigenvalue weighted by molar-refractivity contribution is -0.137. The molecule has 0 aliphatic heterocycles. The average molecular weight is 291 g/mol. The zero-order valence-corrected chi connectivity index (χ0v) is 12.2. The molecule has 0 bridgehead atoms. The number of unbranched alkanes of at least 4 members (excludes halogenated alkanes) is 3. The van der Waals surface area contributed by atoms with Crippen LogP contribution in [0.2, 0.25) is 0 Å². The summed E-state index contributed by atoms with van der Waals surface area (Å²) >= 11 is 0. The van der Waals surface area contributed by atoms with Gasteiger partial charge in [-0.05, 0) is 31.8 Å². The van der Waals surface area contributed by atoms with Crippen molar-refractivity contribution in [2.75, 3.05) is 13.1 Å². The Morgan fingerprint density at radius 1 is 1.20 bits per heavy atom. The molecule has 0 unspecified atom stereocenters. The smallest absolute Gasteiger partial charge is 0.316 e. The first-order valence-corrected chi connectivity index (χ1v) is 7.20. The second kappa shape index (κ2) is 8.29. The number of alkyl halides is 3. The minimum atomic E-state index is -4.29. The zero-order chi connectivity index (χ0) is 15.0. The van der Waals surface area contributed by atoms with Crippen LogP contribution in [0, 0.1) is 5.92 Å².